The molecule has 8 heteroatoms. The van der Waals surface area contributed by atoms with Gasteiger partial charge in [-0.1, -0.05) is 0 Å². The molecule has 0 saturated carbocycles. The molecule has 0 radical (unpaired) electrons. The van der Waals surface area contributed by atoms with Crippen molar-refractivity contribution in [1.82, 2.24) is 0 Å². The Morgan fingerprint density at radius 2 is 1.35 bits per heavy atom. The molecule has 0 aromatic heterocycles. The second-order valence-electron chi connectivity index (χ2n) is 5.57. The van der Waals surface area contributed by atoms with Crippen molar-refractivity contribution in [2.45, 2.75) is 50.1 Å². The van der Waals surface area contributed by atoms with Crippen LogP contribution in [0.2, 0.25) is 15.9 Å². The average molecular weight is 524 g/mol. The van der Waals surface area contributed by atoms with E-state index in [1.807, 2.05) is 13.0 Å². The molecular formula is C15H24O6PtSi. The predicted molar refractivity (Wildman–Crippen MR) is 84.0 cm³/mol. The van der Waals surface area contributed by atoms with Crippen LogP contribution in [0.5, 0.6) is 0 Å². The molecule has 0 amide bonds. The van der Waals surface area contributed by atoms with Crippen LogP contribution in [0.4, 0.5) is 0 Å². The molecule has 0 bridgehead atoms. The zero-order valence-corrected chi connectivity index (χ0v) is 17.8. The summed E-state index contributed by atoms with van der Waals surface area (Å²) in [5, 5.41) is 7.28. The van der Waals surface area contributed by atoms with Gasteiger partial charge in [-0.3, -0.25) is 0 Å². The first-order valence-electron chi connectivity index (χ1n) is 6.74. The van der Waals surface area contributed by atoms with E-state index in [-0.39, 0.29) is 0 Å². The van der Waals surface area contributed by atoms with E-state index in [0.29, 0.717) is 11.6 Å². The third kappa shape index (κ3) is 4.88. The van der Waals surface area contributed by atoms with Crippen LogP contribution < -0.4 is 0 Å². The molecule has 1 rings (SSSR count). The summed E-state index contributed by atoms with van der Waals surface area (Å²) >= 11 is -2.05. The third-order valence-corrected chi connectivity index (χ3v) is 11.3. The summed E-state index contributed by atoms with van der Waals surface area (Å²) < 4.78 is 17.2. The molecular weight excluding hydrogens is 499 g/mol. The molecule has 0 N–H and O–H groups in total. The Kier molecular flexibility index (Phi) is 6.15. The zero-order valence-electron chi connectivity index (χ0n) is 14.6. The van der Waals surface area contributed by atoms with Crippen molar-refractivity contribution in [3.05, 3.63) is 20.8 Å². The van der Waals surface area contributed by atoms with Crippen LogP contribution in [0.25, 0.3) is 0 Å². The van der Waals surface area contributed by atoms with Crippen molar-refractivity contribution >= 4 is 26.7 Å². The van der Waals surface area contributed by atoms with E-state index in [0.717, 1.165) is 5.57 Å². The first-order chi connectivity index (χ1) is 10.4. The maximum atomic E-state index is 11.6. The van der Waals surface area contributed by atoms with Crippen LogP contribution >= 0.6 is 0 Å². The van der Waals surface area contributed by atoms with Crippen LogP contribution in [-0.4, -0.2) is 26.7 Å². The van der Waals surface area contributed by atoms with Crippen molar-refractivity contribution in [3.8, 4) is 0 Å². The van der Waals surface area contributed by atoms with E-state index >= 15 is 0 Å². The Morgan fingerprint density at radius 3 is 1.61 bits per heavy atom. The third-order valence-electron chi connectivity index (χ3n) is 3.00. The summed E-state index contributed by atoms with van der Waals surface area (Å²) in [5.74, 6) is -1.96. The number of hydrogen-bond acceptors (Lipinski definition) is 6. The Balaban J connectivity index is 3.44. The van der Waals surface area contributed by atoms with Gasteiger partial charge < -0.3 is 0 Å². The number of carbonyl (C=O) groups is 3. The molecule has 1 aliphatic carbocycles. The summed E-state index contributed by atoms with van der Waals surface area (Å²) in [6, 6.07) is 0. The van der Waals surface area contributed by atoms with Gasteiger partial charge in [0.1, 0.15) is 0 Å². The monoisotopic (exact) mass is 523 g/mol. The topological polar surface area (TPSA) is 78.9 Å². The molecule has 0 aromatic rings. The maximum absolute atomic E-state index is 11.6. The summed E-state index contributed by atoms with van der Waals surface area (Å²) in [4.78, 5) is 34.7. The van der Waals surface area contributed by atoms with Crippen LogP contribution in [0.15, 0.2) is 20.8 Å². The summed E-state index contributed by atoms with van der Waals surface area (Å²) in [5.41, 5.74) is 0.921. The predicted octanol–water partition coefficient (Wildman–Crippen LogP) is 3.06. The van der Waals surface area contributed by atoms with Gasteiger partial charge in [0.15, 0.2) is 0 Å². The van der Waals surface area contributed by atoms with Gasteiger partial charge in [0.2, 0.25) is 0 Å². The second kappa shape index (κ2) is 7.13. The number of allylic oxidation sites excluding steroid dienone is 4. The van der Waals surface area contributed by atoms with Crippen molar-refractivity contribution < 1.29 is 43.7 Å². The molecule has 0 spiro atoms. The van der Waals surface area contributed by atoms with Gasteiger partial charge in [-0.2, -0.15) is 0 Å². The van der Waals surface area contributed by atoms with Crippen molar-refractivity contribution in [2.24, 2.45) is 0 Å². The number of hydrogen-bond donors (Lipinski definition) is 0. The minimum atomic E-state index is -3.95. The molecule has 0 heterocycles. The summed E-state index contributed by atoms with van der Waals surface area (Å²) in [6.07, 6.45) is 2.57. The fourth-order valence-corrected chi connectivity index (χ4v) is 9.63. The van der Waals surface area contributed by atoms with Crippen LogP contribution in [0.1, 0.15) is 34.1 Å². The molecule has 1 aliphatic rings. The Hall–Kier alpha value is -1.20. The van der Waals surface area contributed by atoms with Crippen LogP contribution in [-0.2, 0) is 43.7 Å². The Morgan fingerprint density at radius 1 is 0.957 bits per heavy atom. The van der Waals surface area contributed by atoms with Crippen molar-refractivity contribution in [3.63, 3.8) is 0 Å². The van der Waals surface area contributed by atoms with E-state index in [1.54, 1.807) is 0 Å². The summed E-state index contributed by atoms with van der Waals surface area (Å²) in [6.45, 7) is 5.50. The zero-order chi connectivity index (χ0) is 18.0. The van der Waals surface area contributed by atoms with E-state index in [4.69, 9.17) is 13.3 Å². The van der Waals surface area contributed by atoms with Crippen LogP contribution in [0, 0.1) is 0 Å². The summed E-state index contributed by atoms with van der Waals surface area (Å²) in [7, 11) is -3.95. The van der Waals surface area contributed by atoms with E-state index < -0.39 is 42.8 Å². The number of carbonyl (C=O) groups excluding carboxylic acids is 3. The number of rotatable bonds is 5. The SMILES string of the molecule is CC(=O)O[Si](OC(C)=O)(OC(C)=O)C1=CC[C]([Pt]([CH3])([CH3])[CH3])=C1C. The first-order valence-corrected chi connectivity index (χ1v) is 16.4. The molecule has 6 nitrogen and oxygen atoms in total. The first kappa shape index (κ1) is 19.8. The van der Waals surface area contributed by atoms with E-state index in [1.165, 1.54) is 24.7 Å². The minimum absolute atomic E-state index is 0.548. The molecule has 0 saturated heterocycles. The molecule has 134 valence electrons. The molecule has 0 aliphatic heterocycles. The fraction of sp³-hybridized carbons (Fsp3) is 0.533. The Labute approximate surface area is 141 Å². The molecule has 0 aromatic carbocycles. The molecule has 23 heavy (non-hydrogen) atoms. The van der Waals surface area contributed by atoms with Gasteiger partial charge in [-0.15, -0.1) is 0 Å². The standard InChI is InChI=1S/C12H15O6Si.3CH3.Pt/c1-8-6-5-7-12(8)19(16-9(2)13,17-10(3)14)18-11(4)15;;;;/h7H,5H2,1-4H3;3*1H3;. The second-order valence-corrected chi connectivity index (χ2v) is 19.4. The van der Waals surface area contributed by atoms with Gasteiger partial charge in [0.05, 0.1) is 0 Å². The van der Waals surface area contributed by atoms with Crippen molar-refractivity contribution in [1.29, 1.82) is 0 Å². The van der Waals surface area contributed by atoms with E-state index in [9.17, 15) is 14.4 Å². The molecule has 0 atom stereocenters. The normalized spacial score (nSPS) is 15.9. The fourth-order valence-electron chi connectivity index (χ4n) is 2.33. The van der Waals surface area contributed by atoms with Crippen LogP contribution in [0.3, 0.4) is 0 Å². The Bertz CT molecular complexity index is 559. The van der Waals surface area contributed by atoms with E-state index in [2.05, 4.69) is 15.9 Å². The van der Waals surface area contributed by atoms with Gasteiger partial charge in [0.25, 0.3) is 0 Å². The van der Waals surface area contributed by atoms with Gasteiger partial charge in [-0.25, -0.2) is 0 Å². The van der Waals surface area contributed by atoms with Gasteiger partial charge >= 0.3 is 141 Å². The van der Waals surface area contributed by atoms with Gasteiger partial charge in [-0.05, 0) is 0 Å². The van der Waals surface area contributed by atoms with Gasteiger partial charge in [0, 0.05) is 0 Å². The molecule has 0 unspecified atom stereocenters. The average Bonchev–Trinajstić information content (AvgIpc) is 2.67. The quantitative estimate of drug-likeness (QED) is 0.516. The molecule has 0 fully saturated rings. The van der Waals surface area contributed by atoms with Crippen molar-refractivity contribution in [2.75, 3.05) is 0 Å².